The summed E-state index contributed by atoms with van der Waals surface area (Å²) in [4.78, 5) is 0. The lowest BCUT2D eigenvalue weighted by atomic mass is 10.3. The summed E-state index contributed by atoms with van der Waals surface area (Å²) in [6.07, 6.45) is 0. The van der Waals surface area contributed by atoms with Crippen LogP contribution >= 0.6 is 40.2 Å². The van der Waals surface area contributed by atoms with Crippen LogP contribution in [0.15, 0.2) is 42.5 Å². The van der Waals surface area contributed by atoms with Gasteiger partial charge in [0.15, 0.2) is 0 Å². The molecule has 3 rings (SSSR count). The molecule has 0 spiro atoms. The van der Waals surface area contributed by atoms with Gasteiger partial charge >= 0.3 is 0 Å². The molecule has 4 nitrogen and oxygen atoms in total. The second-order valence-electron chi connectivity index (χ2n) is 4.97. The van der Waals surface area contributed by atoms with Crippen LogP contribution in [0, 0.1) is 5.41 Å². The summed E-state index contributed by atoms with van der Waals surface area (Å²) in [5.74, 6) is 0.764. The zero-order valence-corrected chi connectivity index (χ0v) is 15.6. The molecule has 0 amide bonds. The molecule has 0 aliphatic rings. The molecule has 1 aromatic heterocycles. The molecule has 3 aromatic rings. The molecule has 23 heavy (non-hydrogen) atoms. The van der Waals surface area contributed by atoms with Crippen LogP contribution in [0.2, 0.25) is 10.0 Å². The zero-order chi connectivity index (χ0) is 15.7. The third-order valence-corrected chi connectivity index (χ3v) is 4.05. The fraction of sp³-hybridized carbons (Fsp3) is 0.188. The number of hydrogen-bond donors (Lipinski definition) is 1. The van der Waals surface area contributed by atoms with Crippen molar-refractivity contribution in [3.05, 3.63) is 58.1 Å². The lowest BCUT2D eigenvalue weighted by molar-refractivity contribution is 0.297. The average Bonchev–Trinajstić information content (AvgIpc) is 2.74. The van der Waals surface area contributed by atoms with E-state index in [0.717, 1.165) is 16.8 Å². The highest BCUT2D eigenvalue weighted by molar-refractivity contribution is 8.93. The first-order chi connectivity index (χ1) is 10.6. The van der Waals surface area contributed by atoms with Crippen LogP contribution in [0.4, 0.5) is 0 Å². The number of aromatic nitrogens is 2. The minimum absolute atomic E-state index is 0. The zero-order valence-electron chi connectivity index (χ0n) is 12.4. The van der Waals surface area contributed by atoms with Gasteiger partial charge in [0.1, 0.15) is 12.4 Å². The normalized spacial score (nSPS) is 10.6. The lowest BCUT2D eigenvalue weighted by Crippen LogP contribution is -2.24. The molecular formula is C16H16BrCl2N3O. The fourth-order valence-electron chi connectivity index (χ4n) is 2.41. The summed E-state index contributed by atoms with van der Waals surface area (Å²) >= 11 is 11.9. The fourth-order valence-corrected chi connectivity index (χ4v) is 2.71. The third-order valence-electron chi connectivity index (χ3n) is 3.56. The number of ether oxygens (including phenoxy) is 1. The van der Waals surface area contributed by atoms with Crippen molar-refractivity contribution in [2.75, 3.05) is 6.61 Å². The standard InChI is InChI=1S/C16H15Cl2N3O.BrH/c1-20-15-10-12(18)4-7-14(15)21(16(20)19)8-9-22-13-5-2-11(17)3-6-13;/h2-7,10,19H,8-9H2,1H3;1H. The number of hydrogen-bond acceptors (Lipinski definition) is 2. The smallest absolute Gasteiger partial charge is 0.202 e. The van der Waals surface area contributed by atoms with Gasteiger partial charge in [-0.1, -0.05) is 23.2 Å². The van der Waals surface area contributed by atoms with Gasteiger partial charge in [-0.2, -0.15) is 0 Å². The van der Waals surface area contributed by atoms with Gasteiger partial charge in [0, 0.05) is 17.1 Å². The molecule has 0 saturated heterocycles. The Morgan fingerprint density at radius 3 is 2.35 bits per heavy atom. The molecule has 1 N–H and O–H groups in total. The van der Waals surface area contributed by atoms with Crippen molar-refractivity contribution in [3.63, 3.8) is 0 Å². The summed E-state index contributed by atoms with van der Waals surface area (Å²) in [6.45, 7) is 1.06. The van der Waals surface area contributed by atoms with E-state index in [-0.39, 0.29) is 17.0 Å². The van der Waals surface area contributed by atoms with Crippen LogP contribution in [0.1, 0.15) is 0 Å². The maximum Gasteiger partial charge on any atom is 0.202 e. The molecule has 0 radical (unpaired) electrons. The number of fused-ring (bicyclic) bond motifs is 1. The predicted octanol–water partition coefficient (Wildman–Crippen LogP) is 4.42. The first-order valence-electron chi connectivity index (χ1n) is 6.84. The number of nitrogens with one attached hydrogen (secondary N) is 1. The molecule has 2 aromatic carbocycles. The van der Waals surface area contributed by atoms with Gasteiger partial charge in [0.25, 0.3) is 0 Å². The molecule has 122 valence electrons. The van der Waals surface area contributed by atoms with E-state index >= 15 is 0 Å². The highest BCUT2D eigenvalue weighted by Crippen LogP contribution is 2.19. The lowest BCUT2D eigenvalue weighted by Gasteiger charge is -2.08. The molecule has 0 aliphatic heterocycles. The van der Waals surface area contributed by atoms with Crippen LogP contribution in [-0.4, -0.2) is 15.7 Å². The van der Waals surface area contributed by atoms with Gasteiger partial charge in [-0.3, -0.25) is 5.41 Å². The van der Waals surface area contributed by atoms with E-state index in [1.54, 1.807) is 12.1 Å². The Labute approximate surface area is 154 Å². The van der Waals surface area contributed by atoms with E-state index in [4.69, 9.17) is 33.3 Å². The number of aryl methyl sites for hydroxylation is 1. The number of imidazole rings is 1. The van der Waals surface area contributed by atoms with Gasteiger partial charge in [-0.15, -0.1) is 17.0 Å². The van der Waals surface area contributed by atoms with E-state index in [1.807, 2.05) is 46.5 Å². The molecule has 0 unspecified atom stereocenters. The van der Waals surface area contributed by atoms with Crippen LogP contribution in [0.3, 0.4) is 0 Å². The Kier molecular flexibility index (Phi) is 5.79. The van der Waals surface area contributed by atoms with E-state index in [0.29, 0.717) is 28.8 Å². The second-order valence-corrected chi connectivity index (χ2v) is 5.84. The van der Waals surface area contributed by atoms with E-state index in [9.17, 15) is 0 Å². The molecule has 0 saturated carbocycles. The SMILES string of the molecule is Br.Cn1c(=N)n(CCOc2ccc(Cl)cc2)c2ccc(Cl)cc21. The minimum atomic E-state index is 0. The molecule has 1 heterocycles. The van der Waals surface area contributed by atoms with Crippen molar-refractivity contribution in [2.24, 2.45) is 7.05 Å². The molecule has 0 atom stereocenters. The third kappa shape index (κ3) is 3.74. The Balaban J connectivity index is 0.00000192. The van der Waals surface area contributed by atoms with Gasteiger partial charge in [0.2, 0.25) is 5.62 Å². The maximum atomic E-state index is 8.22. The topological polar surface area (TPSA) is 42.9 Å². The molecular weight excluding hydrogens is 401 g/mol. The largest absolute Gasteiger partial charge is 0.492 e. The molecule has 7 heteroatoms. The Hall–Kier alpha value is -1.43. The highest BCUT2D eigenvalue weighted by atomic mass is 79.9. The first kappa shape index (κ1) is 17.9. The summed E-state index contributed by atoms with van der Waals surface area (Å²) in [7, 11) is 1.86. The van der Waals surface area contributed by atoms with Gasteiger partial charge < -0.3 is 13.9 Å². The minimum Gasteiger partial charge on any atom is -0.492 e. The van der Waals surface area contributed by atoms with E-state index in [1.165, 1.54) is 0 Å². The highest BCUT2D eigenvalue weighted by Gasteiger charge is 2.08. The maximum absolute atomic E-state index is 8.22. The van der Waals surface area contributed by atoms with E-state index < -0.39 is 0 Å². The van der Waals surface area contributed by atoms with Crippen molar-refractivity contribution in [2.45, 2.75) is 6.54 Å². The number of halogens is 3. The summed E-state index contributed by atoms with van der Waals surface area (Å²) < 4.78 is 9.42. The Morgan fingerprint density at radius 2 is 1.65 bits per heavy atom. The van der Waals surface area contributed by atoms with Crippen molar-refractivity contribution >= 4 is 51.2 Å². The summed E-state index contributed by atoms with van der Waals surface area (Å²) in [5.41, 5.74) is 2.32. The summed E-state index contributed by atoms with van der Waals surface area (Å²) in [6, 6.07) is 12.9. The van der Waals surface area contributed by atoms with Crippen LogP contribution < -0.4 is 10.4 Å². The van der Waals surface area contributed by atoms with Gasteiger partial charge in [-0.05, 0) is 42.5 Å². The van der Waals surface area contributed by atoms with Gasteiger partial charge in [-0.25, -0.2) is 0 Å². The van der Waals surface area contributed by atoms with Crippen LogP contribution in [0.5, 0.6) is 5.75 Å². The monoisotopic (exact) mass is 415 g/mol. The van der Waals surface area contributed by atoms with Crippen molar-refractivity contribution in [3.8, 4) is 5.75 Å². The number of rotatable bonds is 4. The number of benzene rings is 2. The number of nitrogens with zero attached hydrogens (tertiary/aromatic N) is 2. The Morgan fingerprint density at radius 1 is 1.00 bits per heavy atom. The second kappa shape index (κ2) is 7.43. The first-order valence-corrected chi connectivity index (χ1v) is 7.59. The van der Waals surface area contributed by atoms with E-state index in [2.05, 4.69) is 0 Å². The average molecular weight is 417 g/mol. The molecule has 0 aliphatic carbocycles. The quantitative estimate of drug-likeness (QED) is 0.671. The van der Waals surface area contributed by atoms with Crippen molar-refractivity contribution < 1.29 is 4.74 Å². The van der Waals surface area contributed by atoms with Crippen LogP contribution in [0.25, 0.3) is 11.0 Å². The predicted molar refractivity (Wildman–Crippen MR) is 99.0 cm³/mol. The molecule has 0 bridgehead atoms. The van der Waals surface area contributed by atoms with Crippen LogP contribution in [-0.2, 0) is 13.6 Å². The van der Waals surface area contributed by atoms with Gasteiger partial charge in [0.05, 0.1) is 17.6 Å². The molecule has 0 fully saturated rings. The summed E-state index contributed by atoms with van der Waals surface area (Å²) in [5, 5.41) is 9.56. The Bertz CT molecular complexity index is 871. The van der Waals surface area contributed by atoms with Crippen molar-refractivity contribution in [1.29, 1.82) is 5.41 Å². The van der Waals surface area contributed by atoms with Crippen molar-refractivity contribution in [1.82, 2.24) is 9.13 Å².